The number of ether oxygens (including phenoxy) is 2. The Morgan fingerprint density at radius 2 is 1.81 bits per heavy atom. The molecule has 1 saturated heterocycles. The van der Waals surface area contributed by atoms with Crippen molar-refractivity contribution in [2.45, 2.75) is 32.9 Å². The van der Waals surface area contributed by atoms with E-state index < -0.39 is 0 Å². The smallest absolute Gasteiger partial charge is 0.127 e. The zero-order chi connectivity index (χ0) is 15.2. The average Bonchev–Trinajstić information content (AvgIpc) is 2.54. The molecular weight excluding hydrogens is 264 g/mol. The molecule has 0 aromatic heterocycles. The molecule has 1 aromatic rings. The summed E-state index contributed by atoms with van der Waals surface area (Å²) in [4.78, 5) is 3.41. The maximum Gasteiger partial charge on any atom is 0.127 e. The first-order valence-corrected chi connectivity index (χ1v) is 8.07. The second kappa shape index (κ2) is 7.66. The van der Waals surface area contributed by atoms with Crippen molar-refractivity contribution in [1.82, 2.24) is 0 Å². The van der Waals surface area contributed by atoms with Crippen molar-refractivity contribution in [3.8, 4) is 11.5 Å². The molecule has 1 fully saturated rings. The molecule has 0 aliphatic carbocycles. The van der Waals surface area contributed by atoms with Gasteiger partial charge in [0.15, 0.2) is 0 Å². The van der Waals surface area contributed by atoms with Gasteiger partial charge in [-0.3, -0.25) is 0 Å². The summed E-state index contributed by atoms with van der Waals surface area (Å²) in [6.07, 6.45) is 1.27. The molecular formula is C17H30N2O2+2. The Morgan fingerprint density at radius 1 is 1.10 bits per heavy atom. The Hall–Kier alpha value is -1.26. The molecule has 0 radical (unpaired) electrons. The molecule has 0 bridgehead atoms. The Labute approximate surface area is 128 Å². The summed E-state index contributed by atoms with van der Waals surface area (Å²) in [5.74, 6) is 1.88. The molecule has 1 aromatic carbocycles. The van der Waals surface area contributed by atoms with Crippen LogP contribution in [-0.4, -0.2) is 46.4 Å². The first kappa shape index (κ1) is 16.1. The van der Waals surface area contributed by atoms with Gasteiger partial charge in [0.2, 0.25) is 0 Å². The molecule has 0 spiro atoms. The molecule has 0 saturated carbocycles. The van der Waals surface area contributed by atoms with E-state index in [0.29, 0.717) is 0 Å². The van der Waals surface area contributed by atoms with Crippen LogP contribution in [-0.2, 0) is 6.54 Å². The van der Waals surface area contributed by atoms with E-state index in [1.807, 2.05) is 12.1 Å². The minimum atomic E-state index is 0.790. The third-order valence-corrected chi connectivity index (χ3v) is 4.84. The molecule has 2 N–H and O–H groups in total. The molecule has 21 heavy (non-hydrogen) atoms. The van der Waals surface area contributed by atoms with Crippen LogP contribution in [0.4, 0.5) is 0 Å². The summed E-state index contributed by atoms with van der Waals surface area (Å²) in [5, 5.41) is 0. The number of benzene rings is 1. The Morgan fingerprint density at radius 3 is 2.38 bits per heavy atom. The highest BCUT2D eigenvalue weighted by Crippen LogP contribution is 2.23. The van der Waals surface area contributed by atoms with E-state index in [2.05, 4.69) is 19.9 Å². The zero-order valence-electron chi connectivity index (χ0n) is 13.9. The fourth-order valence-corrected chi connectivity index (χ4v) is 3.17. The number of quaternary nitrogens is 2. The van der Waals surface area contributed by atoms with Gasteiger partial charge in [-0.2, -0.15) is 0 Å². The fraction of sp³-hybridized carbons (Fsp3) is 0.647. The van der Waals surface area contributed by atoms with Gasteiger partial charge in [-0.1, -0.05) is 6.92 Å². The van der Waals surface area contributed by atoms with Crippen molar-refractivity contribution in [2.75, 3.05) is 40.4 Å². The van der Waals surface area contributed by atoms with E-state index in [1.54, 1.807) is 24.0 Å². The van der Waals surface area contributed by atoms with Crippen LogP contribution >= 0.6 is 0 Å². The van der Waals surface area contributed by atoms with Crippen molar-refractivity contribution in [2.24, 2.45) is 0 Å². The molecule has 1 atom stereocenters. The summed E-state index contributed by atoms with van der Waals surface area (Å²) in [6.45, 7) is 10.7. The monoisotopic (exact) mass is 294 g/mol. The Balaban J connectivity index is 1.97. The van der Waals surface area contributed by atoms with E-state index in [9.17, 15) is 0 Å². The van der Waals surface area contributed by atoms with Gasteiger partial charge in [-0.05, 0) is 31.5 Å². The minimum absolute atomic E-state index is 0.790. The predicted octanol–water partition coefficient (Wildman–Crippen LogP) is -0.214. The summed E-state index contributed by atoms with van der Waals surface area (Å²) in [6, 6.07) is 6.87. The van der Waals surface area contributed by atoms with Crippen molar-refractivity contribution >= 4 is 0 Å². The van der Waals surface area contributed by atoms with E-state index in [1.165, 1.54) is 38.2 Å². The van der Waals surface area contributed by atoms with Crippen LogP contribution in [0.3, 0.4) is 0 Å². The summed E-state index contributed by atoms with van der Waals surface area (Å²) < 4.78 is 10.8. The molecule has 2 rings (SSSR count). The number of nitrogens with one attached hydrogen (secondary N) is 2. The van der Waals surface area contributed by atoms with Gasteiger partial charge < -0.3 is 19.3 Å². The quantitative estimate of drug-likeness (QED) is 0.759. The second-order valence-electron chi connectivity index (χ2n) is 6.07. The highest BCUT2D eigenvalue weighted by Gasteiger charge is 2.26. The van der Waals surface area contributed by atoms with Crippen molar-refractivity contribution in [3.05, 3.63) is 23.8 Å². The number of rotatable bonds is 6. The molecule has 1 heterocycles. The SMILES string of the molecule is CC[C@@H](C)[NH+]1CC[NH+](Cc2cc(OC)ccc2OC)CC1. The Kier molecular flexibility index (Phi) is 5.88. The normalized spacial score (nSPS) is 23.6. The average molecular weight is 294 g/mol. The van der Waals surface area contributed by atoms with Crippen LogP contribution in [0.2, 0.25) is 0 Å². The van der Waals surface area contributed by atoms with Gasteiger partial charge in [0.1, 0.15) is 44.2 Å². The number of hydrogen-bond donors (Lipinski definition) is 2. The maximum absolute atomic E-state index is 5.49. The Bertz CT molecular complexity index is 442. The van der Waals surface area contributed by atoms with Crippen LogP contribution in [0.25, 0.3) is 0 Å². The lowest BCUT2D eigenvalue weighted by Gasteiger charge is -2.33. The van der Waals surface area contributed by atoms with E-state index >= 15 is 0 Å². The van der Waals surface area contributed by atoms with Crippen LogP contribution < -0.4 is 19.3 Å². The molecule has 4 nitrogen and oxygen atoms in total. The lowest BCUT2D eigenvalue weighted by atomic mass is 10.1. The first-order chi connectivity index (χ1) is 10.2. The third kappa shape index (κ3) is 4.11. The van der Waals surface area contributed by atoms with Gasteiger partial charge in [0.25, 0.3) is 0 Å². The van der Waals surface area contributed by atoms with Crippen LogP contribution in [0.1, 0.15) is 25.8 Å². The second-order valence-corrected chi connectivity index (χ2v) is 6.07. The van der Waals surface area contributed by atoms with Crippen LogP contribution in [0, 0.1) is 0 Å². The number of methoxy groups -OCH3 is 2. The molecule has 4 heteroatoms. The topological polar surface area (TPSA) is 27.3 Å². The van der Waals surface area contributed by atoms with E-state index in [-0.39, 0.29) is 0 Å². The van der Waals surface area contributed by atoms with E-state index in [4.69, 9.17) is 9.47 Å². The van der Waals surface area contributed by atoms with Gasteiger partial charge in [0.05, 0.1) is 25.8 Å². The lowest BCUT2D eigenvalue weighted by molar-refractivity contribution is -1.03. The first-order valence-electron chi connectivity index (χ1n) is 8.07. The van der Waals surface area contributed by atoms with Gasteiger partial charge in [-0.15, -0.1) is 0 Å². The lowest BCUT2D eigenvalue weighted by Crippen LogP contribution is -3.29. The highest BCUT2D eigenvalue weighted by atomic mass is 16.5. The highest BCUT2D eigenvalue weighted by molar-refractivity contribution is 5.39. The number of hydrogen-bond acceptors (Lipinski definition) is 2. The van der Waals surface area contributed by atoms with Crippen LogP contribution in [0.15, 0.2) is 18.2 Å². The maximum atomic E-state index is 5.49. The largest absolute Gasteiger partial charge is 0.497 e. The van der Waals surface area contributed by atoms with Crippen molar-refractivity contribution < 1.29 is 19.3 Å². The molecule has 1 aliphatic heterocycles. The van der Waals surface area contributed by atoms with Crippen LogP contribution in [0.5, 0.6) is 11.5 Å². The number of piperazine rings is 1. The third-order valence-electron chi connectivity index (χ3n) is 4.84. The molecule has 0 amide bonds. The summed E-state index contributed by atoms with van der Waals surface area (Å²) in [5.41, 5.74) is 1.25. The van der Waals surface area contributed by atoms with E-state index in [0.717, 1.165) is 24.1 Å². The van der Waals surface area contributed by atoms with Crippen molar-refractivity contribution in [3.63, 3.8) is 0 Å². The van der Waals surface area contributed by atoms with Gasteiger partial charge >= 0.3 is 0 Å². The summed E-state index contributed by atoms with van der Waals surface area (Å²) >= 11 is 0. The minimum Gasteiger partial charge on any atom is -0.497 e. The zero-order valence-corrected chi connectivity index (χ0v) is 13.9. The summed E-state index contributed by atoms with van der Waals surface area (Å²) in [7, 11) is 3.46. The predicted molar refractivity (Wildman–Crippen MR) is 84.4 cm³/mol. The molecule has 118 valence electrons. The van der Waals surface area contributed by atoms with Gasteiger partial charge in [0, 0.05) is 0 Å². The molecule has 1 aliphatic rings. The van der Waals surface area contributed by atoms with Gasteiger partial charge in [-0.25, -0.2) is 0 Å². The van der Waals surface area contributed by atoms with Crippen molar-refractivity contribution in [1.29, 1.82) is 0 Å². The fourth-order valence-electron chi connectivity index (χ4n) is 3.17. The standard InChI is InChI=1S/C17H28N2O2/c1-5-14(2)19-10-8-18(9-11-19)13-15-12-16(20-3)6-7-17(15)21-4/h6-7,12,14H,5,8-11,13H2,1-4H3/p+2/t14-/m1/s1. The molecule has 0 unspecified atom stereocenters.